The number of aliphatic hydroxyl groups is 1. The molecular formula is C8H10N4O7P-. The maximum absolute atomic E-state index is 11.3. The van der Waals surface area contributed by atoms with E-state index in [9.17, 15) is 14.3 Å². The summed E-state index contributed by atoms with van der Waals surface area (Å²) in [5.74, 6) is -1.09. The first-order valence-electron chi connectivity index (χ1n) is 5.56. The van der Waals surface area contributed by atoms with Crippen LogP contribution in [0.15, 0.2) is 6.33 Å². The molecule has 2 fully saturated rings. The molecule has 0 bridgehead atoms. The first-order valence-corrected chi connectivity index (χ1v) is 7.02. The van der Waals surface area contributed by atoms with Gasteiger partial charge in [-0.25, -0.2) is 9.67 Å². The lowest BCUT2D eigenvalue weighted by molar-refractivity contribution is -0.222. The molecule has 0 aliphatic carbocycles. The molecule has 0 aromatic carbocycles. The van der Waals surface area contributed by atoms with Crippen molar-refractivity contribution in [3.63, 3.8) is 0 Å². The number of phosphoric acid groups is 1. The normalized spacial score (nSPS) is 39.9. The van der Waals surface area contributed by atoms with Crippen molar-refractivity contribution in [2.45, 2.75) is 24.5 Å². The van der Waals surface area contributed by atoms with Crippen LogP contribution in [0.3, 0.4) is 0 Å². The van der Waals surface area contributed by atoms with Crippen LogP contribution < -0.4 is 10.6 Å². The minimum absolute atomic E-state index is 0.248. The average molecular weight is 305 g/mol. The summed E-state index contributed by atoms with van der Waals surface area (Å²) < 4.78 is 27.3. The van der Waals surface area contributed by atoms with E-state index in [1.165, 1.54) is 0 Å². The van der Waals surface area contributed by atoms with Gasteiger partial charge in [0.15, 0.2) is 6.23 Å². The molecule has 20 heavy (non-hydrogen) atoms. The van der Waals surface area contributed by atoms with Gasteiger partial charge in [0.2, 0.25) is 5.82 Å². The molecule has 1 aromatic rings. The number of fused-ring (bicyclic) bond motifs is 1. The fraction of sp³-hybridized carbons (Fsp3) is 0.625. The molecular weight excluding hydrogens is 295 g/mol. The van der Waals surface area contributed by atoms with E-state index in [0.29, 0.717) is 0 Å². The van der Waals surface area contributed by atoms with Crippen LogP contribution in [0.5, 0.6) is 0 Å². The SMILES string of the molecule is NC(=O)c1ncn([C@@H]2O[C@H](CO)[C@H]3OP(=O)([O-])O[C@H]32)n1. The Morgan fingerprint density at radius 1 is 1.55 bits per heavy atom. The first kappa shape index (κ1) is 13.6. The number of primary amides is 1. The van der Waals surface area contributed by atoms with Gasteiger partial charge >= 0.3 is 0 Å². The number of carbonyl (C=O) groups excluding carboxylic acids is 1. The van der Waals surface area contributed by atoms with E-state index in [1.54, 1.807) is 0 Å². The zero-order chi connectivity index (χ0) is 14.5. The van der Waals surface area contributed by atoms with Crippen molar-refractivity contribution in [1.82, 2.24) is 14.8 Å². The van der Waals surface area contributed by atoms with Crippen molar-refractivity contribution in [2.24, 2.45) is 5.73 Å². The molecule has 3 rings (SSSR count). The van der Waals surface area contributed by atoms with E-state index in [1.807, 2.05) is 0 Å². The molecule has 2 aliphatic rings. The van der Waals surface area contributed by atoms with E-state index >= 15 is 0 Å². The van der Waals surface area contributed by atoms with Crippen LogP contribution in [0.2, 0.25) is 0 Å². The molecule has 0 radical (unpaired) electrons. The lowest BCUT2D eigenvalue weighted by Gasteiger charge is -2.21. The number of aliphatic hydroxyl groups excluding tert-OH is 1. The summed E-state index contributed by atoms with van der Waals surface area (Å²) in [4.78, 5) is 25.9. The zero-order valence-corrected chi connectivity index (χ0v) is 10.8. The number of rotatable bonds is 3. The number of ether oxygens (including phenoxy) is 1. The highest BCUT2D eigenvalue weighted by Crippen LogP contribution is 2.55. The summed E-state index contributed by atoms with van der Waals surface area (Å²) in [5.41, 5.74) is 5.02. The lowest BCUT2D eigenvalue weighted by Crippen LogP contribution is -2.30. The van der Waals surface area contributed by atoms with E-state index in [-0.39, 0.29) is 5.82 Å². The highest BCUT2D eigenvalue weighted by molar-refractivity contribution is 7.46. The topological polar surface area (TPSA) is 162 Å². The summed E-state index contributed by atoms with van der Waals surface area (Å²) in [6.07, 6.45) is -2.73. The van der Waals surface area contributed by atoms with E-state index in [4.69, 9.17) is 24.6 Å². The van der Waals surface area contributed by atoms with E-state index in [2.05, 4.69) is 10.1 Å². The molecule has 1 aromatic heterocycles. The third-order valence-electron chi connectivity index (χ3n) is 2.96. The van der Waals surface area contributed by atoms with Crippen molar-refractivity contribution in [2.75, 3.05) is 6.61 Å². The molecule has 1 amide bonds. The number of carbonyl (C=O) groups is 1. The number of aromatic nitrogens is 3. The highest BCUT2D eigenvalue weighted by Gasteiger charge is 2.54. The van der Waals surface area contributed by atoms with Gasteiger partial charge in [0, 0.05) is 0 Å². The van der Waals surface area contributed by atoms with Crippen LogP contribution in [-0.2, 0) is 18.3 Å². The maximum Gasteiger partial charge on any atom is 0.288 e. The predicted molar refractivity (Wildman–Crippen MR) is 56.9 cm³/mol. The molecule has 12 heteroatoms. The molecule has 3 heterocycles. The second-order valence-electron chi connectivity index (χ2n) is 4.25. The monoisotopic (exact) mass is 305 g/mol. The molecule has 1 unspecified atom stereocenters. The van der Waals surface area contributed by atoms with Gasteiger partial charge in [0.25, 0.3) is 13.7 Å². The summed E-state index contributed by atoms with van der Waals surface area (Å²) in [6, 6.07) is 0. The van der Waals surface area contributed by atoms with Gasteiger partial charge in [-0.05, 0) is 0 Å². The Morgan fingerprint density at radius 3 is 2.85 bits per heavy atom. The van der Waals surface area contributed by atoms with Crippen LogP contribution in [0.25, 0.3) is 0 Å². The van der Waals surface area contributed by atoms with Gasteiger partial charge in [-0.3, -0.25) is 9.36 Å². The number of hydrogen-bond donors (Lipinski definition) is 2. The molecule has 0 spiro atoms. The van der Waals surface area contributed by atoms with Gasteiger partial charge in [-0.1, -0.05) is 0 Å². The van der Waals surface area contributed by atoms with Gasteiger partial charge < -0.3 is 29.5 Å². The van der Waals surface area contributed by atoms with Crippen LogP contribution in [-0.4, -0.2) is 50.7 Å². The number of phosphoric ester groups is 1. The van der Waals surface area contributed by atoms with Gasteiger partial charge in [-0.2, -0.15) is 0 Å². The Bertz CT molecular complexity index is 591. The summed E-state index contributed by atoms with van der Waals surface area (Å²) in [5, 5.41) is 12.9. The maximum atomic E-state index is 11.3. The Morgan fingerprint density at radius 2 is 2.25 bits per heavy atom. The van der Waals surface area contributed by atoms with Gasteiger partial charge in [-0.15, -0.1) is 5.10 Å². The Hall–Kier alpha value is -1.36. The van der Waals surface area contributed by atoms with Gasteiger partial charge in [0.05, 0.1) is 6.61 Å². The van der Waals surface area contributed by atoms with Crippen molar-refractivity contribution in [3.05, 3.63) is 12.2 Å². The fourth-order valence-electron chi connectivity index (χ4n) is 2.14. The Kier molecular flexibility index (Phi) is 3.12. The summed E-state index contributed by atoms with van der Waals surface area (Å²) in [6.45, 7) is -0.460. The largest absolute Gasteiger partial charge is 0.756 e. The second kappa shape index (κ2) is 4.58. The Balaban J connectivity index is 1.89. The molecule has 2 saturated heterocycles. The number of nitrogens with zero attached hydrogens (tertiary/aromatic N) is 3. The summed E-state index contributed by atoms with van der Waals surface area (Å²) in [7, 11) is -4.44. The first-order chi connectivity index (χ1) is 9.41. The molecule has 110 valence electrons. The number of nitrogens with two attached hydrogens (primary N) is 1. The fourth-order valence-corrected chi connectivity index (χ4v) is 3.27. The minimum atomic E-state index is -4.44. The van der Waals surface area contributed by atoms with Crippen molar-refractivity contribution in [1.29, 1.82) is 0 Å². The van der Waals surface area contributed by atoms with Crippen molar-refractivity contribution < 1.29 is 33.1 Å². The predicted octanol–water partition coefficient (Wildman–Crippen LogP) is -2.48. The summed E-state index contributed by atoms with van der Waals surface area (Å²) >= 11 is 0. The smallest absolute Gasteiger partial charge is 0.288 e. The van der Waals surface area contributed by atoms with E-state index in [0.717, 1.165) is 11.0 Å². The Labute approximate surface area is 111 Å². The molecule has 2 aliphatic heterocycles. The lowest BCUT2D eigenvalue weighted by atomic mass is 10.1. The standard InChI is InChI=1S/C8H11N4O7P/c9-6(14)7-10-2-12(11-7)8-5-4(3(1-13)17-8)18-20(15,16)19-5/h2-5,8,13H,1H2,(H2,9,14)(H,15,16)/p-1/t3-,4-,5-,8-/m1/s1. The minimum Gasteiger partial charge on any atom is -0.756 e. The molecule has 11 nitrogen and oxygen atoms in total. The number of amides is 1. The highest BCUT2D eigenvalue weighted by atomic mass is 31.2. The van der Waals surface area contributed by atoms with Crippen LogP contribution in [0.4, 0.5) is 0 Å². The molecule has 0 saturated carbocycles. The molecule has 3 N–H and O–H groups in total. The van der Waals surface area contributed by atoms with Crippen LogP contribution in [0, 0.1) is 0 Å². The third-order valence-corrected chi connectivity index (χ3v) is 3.96. The van der Waals surface area contributed by atoms with Crippen LogP contribution in [0.1, 0.15) is 16.8 Å². The second-order valence-corrected chi connectivity index (χ2v) is 5.56. The average Bonchev–Trinajstić information content (AvgIpc) is 3.01. The van der Waals surface area contributed by atoms with Crippen LogP contribution >= 0.6 is 7.82 Å². The zero-order valence-electron chi connectivity index (χ0n) is 9.86. The van der Waals surface area contributed by atoms with Crippen molar-refractivity contribution in [3.8, 4) is 0 Å². The third kappa shape index (κ3) is 2.14. The van der Waals surface area contributed by atoms with Crippen molar-refractivity contribution >= 4 is 13.7 Å². The number of hydrogen-bond acceptors (Lipinski definition) is 9. The van der Waals surface area contributed by atoms with Gasteiger partial charge in [0.1, 0.15) is 24.6 Å². The van der Waals surface area contributed by atoms with E-state index < -0.39 is 44.9 Å². The quantitative estimate of drug-likeness (QED) is 0.575. The molecule has 5 atom stereocenters.